The summed E-state index contributed by atoms with van der Waals surface area (Å²) in [5.41, 5.74) is 3.54. The Kier molecular flexibility index (Phi) is 5.07. The summed E-state index contributed by atoms with van der Waals surface area (Å²) in [4.78, 5) is 17.0. The molecule has 3 aromatic rings. The van der Waals surface area contributed by atoms with Gasteiger partial charge in [-0.15, -0.1) is 0 Å². The lowest BCUT2D eigenvalue weighted by Gasteiger charge is -2.23. The summed E-state index contributed by atoms with van der Waals surface area (Å²) in [5.74, 6) is 0.606. The second-order valence-corrected chi connectivity index (χ2v) is 7.04. The fraction of sp³-hybridized carbons (Fsp3) is 0.333. The van der Waals surface area contributed by atoms with Crippen molar-refractivity contribution in [1.82, 2.24) is 20.0 Å². The molecule has 6 heteroatoms. The Morgan fingerprint density at radius 3 is 3.11 bits per heavy atom. The van der Waals surface area contributed by atoms with Gasteiger partial charge in [-0.05, 0) is 56.1 Å². The summed E-state index contributed by atoms with van der Waals surface area (Å²) >= 11 is 0. The van der Waals surface area contributed by atoms with E-state index in [9.17, 15) is 4.79 Å². The van der Waals surface area contributed by atoms with E-state index in [0.717, 1.165) is 37.3 Å². The SMILES string of the molecule is Cc1ccc2nc(COc3cccc(C(=O)NC4CCCNC4)c3)cn2c1. The maximum atomic E-state index is 12.5. The third-order valence-electron chi connectivity index (χ3n) is 4.76. The van der Waals surface area contributed by atoms with Gasteiger partial charge >= 0.3 is 0 Å². The van der Waals surface area contributed by atoms with E-state index in [1.807, 2.05) is 47.1 Å². The number of nitrogens with one attached hydrogen (secondary N) is 2. The van der Waals surface area contributed by atoms with Crippen LogP contribution in [0.2, 0.25) is 0 Å². The van der Waals surface area contributed by atoms with E-state index in [1.165, 1.54) is 5.56 Å². The molecule has 140 valence electrons. The number of carbonyl (C=O) groups excluding carboxylic acids is 1. The predicted octanol–water partition coefficient (Wildman–Crippen LogP) is 2.70. The van der Waals surface area contributed by atoms with E-state index in [0.29, 0.717) is 17.9 Å². The van der Waals surface area contributed by atoms with Crippen LogP contribution in [0, 0.1) is 6.92 Å². The van der Waals surface area contributed by atoms with Crippen molar-refractivity contribution in [1.29, 1.82) is 0 Å². The molecule has 0 saturated carbocycles. The van der Waals surface area contributed by atoms with E-state index in [4.69, 9.17) is 4.74 Å². The second kappa shape index (κ2) is 7.80. The molecule has 2 N–H and O–H groups in total. The van der Waals surface area contributed by atoms with Crippen LogP contribution in [0.25, 0.3) is 5.65 Å². The first-order valence-corrected chi connectivity index (χ1v) is 9.36. The fourth-order valence-electron chi connectivity index (χ4n) is 3.35. The van der Waals surface area contributed by atoms with Gasteiger partial charge in [-0.1, -0.05) is 12.1 Å². The van der Waals surface area contributed by atoms with E-state index in [1.54, 1.807) is 6.07 Å². The lowest BCUT2D eigenvalue weighted by atomic mass is 10.1. The van der Waals surface area contributed by atoms with Crippen LogP contribution in [0.15, 0.2) is 48.8 Å². The first-order chi connectivity index (χ1) is 13.2. The van der Waals surface area contributed by atoms with Gasteiger partial charge in [-0.25, -0.2) is 4.98 Å². The minimum absolute atomic E-state index is 0.0580. The van der Waals surface area contributed by atoms with Crippen molar-refractivity contribution in [3.8, 4) is 5.75 Å². The highest BCUT2D eigenvalue weighted by Crippen LogP contribution is 2.16. The number of nitrogens with zero attached hydrogens (tertiary/aromatic N) is 2. The molecule has 4 rings (SSSR count). The Bertz CT molecular complexity index is 944. The van der Waals surface area contributed by atoms with Gasteiger partial charge in [0.25, 0.3) is 5.91 Å². The number of fused-ring (bicyclic) bond motifs is 1. The topological polar surface area (TPSA) is 67.7 Å². The maximum Gasteiger partial charge on any atom is 0.251 e. The number of ether oxygens (including phenoxy) is 1. The Morgan fingerprint density at radius 1 is 1.33 bits per heavy atom. The molecular weight excluding hydrogens is 340 g/mol. The molecule has 0 spiro atoms. The number of carbonyl (C=O) groups is 1. The monoisotopic (exact) mass is 364 g/mol. The summed E-state index contributed by atoms with van der Waals surface area (Å²) in [5, 5.41) is 6.39. The highest BCUT2D eigenvalue weighted by atomic mass is 16.5. The number of pyridine rings is 1. The Hall–Kier alpha value is -2.86. The van der Waals surface area contributed by atoms with Gasteiger partial charge in [0, 0.05) is 30.5 Å². The van der Waals surface area contributed by atoms with Gasteiger partial charge in [-0.3, -0.25) is 4.79 Å². The highest BCUT2D eigenvalue weighted by Gasteiger charge is 2.16. The molecule has 0 bridgehead atoms. The first kappa shape index (κ1) is 17.5. The Labute approximate surface area is 158 Å². The number of amides is 1. The molecular formula is C21H24N4O2. The minimum Gasteiger partial charge on any atom is -0.487 e. The molecule has 2 aromatic heterocycles. The third-order valence-corrected chi connectivity index (χ3v) is 4.76. The zero-order chi connectivity index (χ0) is 18.6. The molecule has 1 unspecified atom stereocenters. The fourth-order valence-corrected chi connectivity index (χ4v) is 3.35. The zero-order valence-corrected chi connectivity index (χ0v) is 15.4. The van der Waals surface area contributed by atoms with Gasteiger partial charge in [0.1, 0.15) is 18.0 Å². The molecule has 1 aliphatic rings. The average molecular weight is 364 g/mol. The maximum absolute atomic E-state index is 12.5. The van der Waals surface area contributed by atoms with Crippen LogP contribution in [0.3, 0.4) is 0 Å². The number of imidazole rings is 1. The van der Waals surface area contributed by atoms with Crippen molar-refractivity contribution in [2.75, 3.05) is 13.1 Å². The van der Waals surface area contributed by atoms with Crippen molar-refractivity contribution in [2.45, 2.75) is 32.4 Å². The minimum atomic E-state index is -0.0580. The number of hydrogen-bond acceptors (Lipinski definition) is 4. The molecule has 1 amide bonds. The summed E-state index contributed by atoms with van der Waals surface area (Å²) in [6, 6.07) is 11.5. The molecule has 1 saturated heterocycles. The van der Waals surface area contributed by atoms with Crippen LogP contribution in [0.1, 0.15) is 34.5 Å². The van der Waals surface area contributed by atoms with Crippen molar-refractivity contribution in [3.05, 3.63) is 65.6 Å². The number of benzene rings is 1. The van der Waals surface area contributed by atoms with Gasteiger partial charge in [0.05, 0.1) is 5.69 Å². The van der Waals surface area contributed by atoms with Gasteiger partial charge in [-0.2, -0.15) is 0 Å². The molecule has 1 aromatic carbocycles. The third kappa shape index (κ3) is 4.28. The van der Waals surface area contributed by atoms with Crippen LogP contribution in [-0.2, 0) is 6.61 Å². The molecule has 1 fully saturated rings. The largest absolute Gasteiger partial charge is 0.487 e. The molecule has 6 nitrogen and oxygen atoms in total. The molecule has 1 aliphatic heterocycles. The van der Waals surface area contributed by atoms with Crippen LogP contribution >= 0.6 is 0 Å². The number of rotatable bonds is 5. The standard InChI is InChI=1S/C21H24N4O2/c1-15-7-8-20-23-18(13-25(20)12-15)14-27-19-6-2-4-16(10-19)21(26)24-17-5-3-9-22-11-17/h2,4,6-8,10,12-13,17,22H,3,5,9,11,14H2,1H3,(H,24,26). The smallest absolute Gasteiger partial charge is 0.251 e. The molecule has 3 heterocycles. The zero-order valence-electron chi connectivity index (χ0n) is 15.4. The summed E-state index contributed by atoms with van der Waals surface area (Å²) < 4.78 is 7.86. The second-order valence-electron chi connectivity index (χ2n) is 7.04. The Morgan fingerprint density at radius 2 is 2.26 bits per heavy atom. The highest BCUT2D eigenvalue weighted by molar-refractivity contribution is 5.94. The molecule has 0 aliphatic carbocycles. The van der Waals surface area contributed by atoms with Gasteiger partial charge < -0.3 is 19.8 Å². The lowest BCUT2D eigenvalue weighted by Crippen LogP contribution is -2.45. The number of aryl methyl sites for hydroxylation is 1. The summed E-state index contributed by atoms with van der Waals surface area (Å²) in [7, 11) is 0. The van der Waals surface area contributed by atoms with Gasteiger partial charge in [0.15, 0.2) is 0 Å². The molecule has 27 heavy (non-hydrogen) atoms. The number of aromatic nitrogens is 2. The quantitative estimate of drug-likeness (QED) is 0.730. The normalized spacial score (nSPS) is 17.0. The Balaban J connectivity index is 1.40. The van der Waals surface area contributed by atoms with E-state index >= 15 is 0 Å². The van der Waals surface area contributed by atoms with Crippen molar-refractivity contribution in [2.24, 2.45) is 0 Å². The molecule has 0 radical (unpaired) electrons. The summed E-state index contributed by atoms with van der Waals surface area (Å²) in [6.07, 6.45) is 6.11. The number of piperidine rings is 1. The van der Waals surface area contributed by atoms with Gasteiger partial charge in [0.2, 0.25) is 0 Å². The average Bonchev–Trinajstić information content (AvgIpc) is 3.09. The van der Waals surface area contributed by atoms with Crippen LogP contribution in [-0.4, -0.2) is 34.4 Å². The lowest BCUT2D eigenvalue weighted by molar-refractivity contribution is 0.0930. The summed E-state index contributed by atoms with van der Waals surface area (Å²) in [6.45, 7) is 4.27. The van der Waals surface area contributed by atoms with Crippen LogP contribution in [0.4, 0.5) is 0 Å². The van der Waals surface area contributed by atoms with Crippen LogP contribution < -0.4 is 15.4 Å². The molecule has 1 atom stereocenters. The van der Waals surface area contributed by atoms with Crippen LogP contribution in [0.5, 0.6) is 5.75 Å². The van der Waals surface area contributed by atoms with Crippen molar-refractivity contribution in [3.63, 3.8) is 0 Å². The first-order valence-electron chi connectivity index (χ1n) is 9.36. The predicted molar refractivity (Wildman–Crippen MR) is 104 cm³/mol. The van der Waals surface area contributed by atoms with E-state index in [2.05, 4.69) is 22.5 Å². The van der Waals surface area contributed by atoms with E-state index in [-0.39, 0.29) is 11.9 Å². The number of hydrogen-bond donors (Lipinski definition) is 2. The van der Waals surface area contributed by atoms with E-state index < -0.39 is 0 Å². The van der Waals surface area contributed by atoms with Crippen molar-refractivity contribution < 1.29 is 9.53 Å². The van der Waals surface area contributed by atoms with Crippen molar-refractivity contribution >= 4 is 11.6 Å².